The molecular weight excluding hydrogens is 218 g/mol. The molecule has 2 atom stereocenters. The first-order valence-corrected chi connectivity index (χ1v) is 7.33. The Morgan fingerprint density at radius 1 is 1.22 bits per heavy atom. The lowest BCUT2D eigenvalue weighted by Gasteiger charge is -2.52. The van der Waals surface area contributed by atoms with Crippen LogP contribution in [0.25, 0.3) is 0 Å². The Morgan fingerprint density at radius 2 is 1.94 bits per heavy atom. The van der Waals surface area contributed by atoms with Gasteiger partial charge in [-0.15, -0.1) is 0 Å². The van der Waals surface area contributed by atoms with E-state index in [4.69, 9.17) is 0 Å². The summed E-state index contributed by atoms with van der Waals surface area (Å²) in [5.41, 5.74) is 3.88. The van der Waals surface area contributed by atoms with Gasteiger partial charge in [0.25, 0.3) is 0 Å². The molecule has 0 amide bonds. The Morgan fingerprint density at radius 3 is 2.67 bits per heavy atom. The van der Waals surface area contributed by atoms with Crippen molar-refractivity contribution in [3.63, 3.8) is 0 Å². The fourth-order valence-corrected chi connectivity index (χ4v) is 4.39. The number of rotatable bonds is 1. The highest BCUT2D eigenvalue weighted by Gasteiger charge is 2.55. The molecular formula is C17H25N. The molecule has 0 spiro atoms. The zero-order chi connectivity index (χ0) is 13.0. The molecule has 1 aliphatic heterocycles. The van der Waals surface area contributed by atoms with Gasteiger partial charge in [0.1, 0.15) is 0 Å². The van der Waals surface area contributed by atoms with Gasteiger partial charge in [0.15, 0.2) is 0 Å². The quantitative estimate of drug-likeness (QED) is 0.728. The first kappa shape index (κ1) is 12.2. The summed E-state index contributed by atoms with van der Waals surface area (Å²) in [6.45, 7) is 12.2. The van der Waals surface area contributed by atoms with Gasteiger partial charge in [-0.05, 0) is 47.9 Å². The number of benzene rings is 1. The van der Waals surface area contributed by atoms with E-state index in [1.165, 1.54) is 25.9 Å². The van der Waals surface area contributed by atoms with Crippen molar-refractivity contribution < 1.29 is 0 Å². The first-order chi connectivity index (χ1) is 8.50. The lowest BCUT2D eigenvalue weighted by Crippen LogP contribution is -2.53. The highest BCUT2D eigenvalue weighted by Crippen LogP contribution is 2.56. The molecule has 1 fully saturated rings. The van der Waals surface area contributed by atoms with Crippen molar-refractivity contribution in [2.24, 2.45) is 5.41 Å². The van der Waals surface area contributed by atoms with E-state index in [0.717, 1.165) is 6.04 Å². The second-order valence-electron chi connectivity index (χ2n) is 6.80. The third-order valence-electron chi connectivity index (χ3n) is 6.03. The lowest BCUT2D eigenvalue weighted by molar-refractivity contribution is 0.0827. The molecule has 98 valence electrons. The average Bonchev–Trinajstić information content (AvgIpc) is 2.69. The highest BCUT2D eigenvalue weighted by molar-refractivity contribution is 5.41. The number of likely N-dealkylation sites (tertiary alicyclic amines) is 1. The van der Waals surface area contributed by atoms with Crippen LogP contribution in [0.2, 0.25) is 0 Å². The van der Waals surface area contributed by atoms with Gasteiger partial charge in [-0.3, -0.25) is 4.90 Å². The van der Waals surface area contributed by atoms with Crippen LogP contribution in [0, 0.1) is 5.41 Å². The van der Waals surface area contributed by atoms with Crippen LogP contribution in [0.1, 0.15) is 45.2 Å². The molecule has 0 N–H and O–H groups in total. The molecule has 1 heterocycles. The van der Waals surface area contributed by atoms with Crippen molar-refractivity contribution >= 4 is 0 Å². The third-order valence-corrected chi connectivity index (χ3v) is 6.03. The lowest BCUT2D eigenvalue weighted by atomic mass is 9.54. The minimum Gasteiger partial charge on any atom is -0.300 e. The largest absolute Gasteiger partial charge is 0.300 e. The number of hydrogen-bond donors (Lipinski definition) is 0. The van der Waals surface area contributed by atoms with E-state index in [1.807, 2.05) is 0 Å². The average molecular weight is 243 g/mol. The topological polar surface area (TPSA) is 3.24 Å². The van der Waals surface area contributed by atoms with Gasteiger partial charge in [-0.1, -0.05) is 52.0 Å². The van der Waals surface area contributed by atoms with Crippen LogP contribution in [-0.2, 0) is 11.8 Å². The second kappa shape index (κ2) is 3.84. The maximum Gasteiger partial charge on any atom is 0.0198 e. The number of nitrogens with zero attached hydrogens (tertiary/aromatic N) is 1. The van der Waals surface area contributed by atoms with Crippen molar-refractivity contribution in [1.82, 2.24) is 4.90 Å². The van der Waals surface area contributed by atoms with E-state index in [2.05, 4.69) is 56.9 Å². The minimum absolute atomic E-state index is 0.288. The maximum atomic E-state index is 2.69. The highest BCUT2D eigenvalue weighted by atomic mass is 15.2. The zero-order valence-electron chi connectivity index (χ0n) is 12.2. The van der Waals surface area contributed by atoms with Gasteiger partial charge in [-0.2, -0.15) is 0 Å². The summed E-state index contributed by atoms with van der Waals surface area (Å²) in [7, 11) is 0. The first-order valence-electron chi connectivity index (χ1n) is 7.33. The second-order valence-corrected chi connectivity index (χ2v) is 6.80. The molecule has 0 saturated carbocycles. The Hall–Kier alpha value is -0.820. The predicted molar refractivity (Wildman–Crippen MR) is 76.9 cm³/mol. The Balaban J connectivity index is 2.13. The molecule has 3 rings (SSSR count). The van der Waals surface area contributed by atoms with Crippen LogP contribution in [-0.4, -0.2) is 24.0 Å². The number of fused-ring (bicyclic) bond motifs is 2. The van der Waals surface area contributed by atoms with Crippen LogP contribution in [0.4, 0.5) is 0 Å². The van der Waals surface area contributed by atoms with Crippen LogP contribution >= 0.6 is 0 Å². The fourth-order valence-electron chi connectivity index (χ4n) is 4.39. The van der Waals surface area contributed by atoms with Crippen LogP contribution in [0.5, 0.6) is 0 Å². The summed E-state index contributed by atoms with van der Waals surface area (Å²) in [5, 5.41) is 0. The number of likely N-dealkylation sites (N-methyl/N-ethyl adjacent to an activating group) is 1. The molecule has 18 heavy (non-hydrogen) atoms. The van der Waals surface area contributed by atoms with Crippen LogP contribution in [0.3, 0.4) is 0 Å². The van der Waals surface area contributed by atoms with E-state index in [-0.39, 0.29) is 5.41 Å². The SMILES string of the molecule is CCN1CCC2(C)C1Cc1ccccc1C2(C)C. The van der Waals surface area contributed by atoms with E-state index in [9.17, 15) is 0 Å². The normalized spacial score (nSPS) is 34.1. The molecule has 0 bridgehead atoms. The van der Waals surface area contributed by atoms with Gasteiger partial charge in [0, 0.05) is 6.04 Å². The molecule has 1 aliphatic carbocycles. The summed E-state index contributed by atoms with van der Waals surface area (Å²) >= 11 is 0. The molecule has 1 aromatic carbocycles. The monoisotopic (exact) mass is 243 g/mol. The van der Waals surface area contributed by atoms with E-state index in [0.29, 0.717) is 5.41 Å². The van der Waals surface area contributed by atoms with Gasteiger partial charge < -0.3 is 0 Å². The van der Waals surface area contributed by atoms with Crippen LogP contribution < -0.4 is 0 Å². The molecule has 0 aromatic heterocycles. The van der Waals surface area contributed by atoms with Crippen molar-refractivity contribution in [1.29, 1.82) is 0 Å². The van der Waals surface area contributed by atoms with Crippen molar-refractivity contribution in [3.05, 3.63) is 35.4 Å². The van der Waals surface area contributed by atoms with Gasteiger partial charge in [-0.25, -0.2) is 0 Å². The summed E-state index contributed by atoms with van der Waals surface area (Å²) < 4.78 is 0. The number of hydrogen-bond acceptors (Lipinski definition) is 1. The summed E-state index contributed by atoms with van der Waals surface area (Å²) in [6, 6.07) is 9.82. The summed E-state index contributed by atoms with van der Waals surface area (Å²) in [5.74, 6) is 0. The molecule has 1 heteroatoms. The molecule has 1 aromatic rings. The van der Waals surface area contributed by atoms with Gasteiger partial charge in [0.2, 0.25) is 0 Å². The Kier molecular flexibility index (Phi) is 2.60. The van der Waals surface area contributed by atoms with E-state index >= 15 is 0 Å². The van der Waals surface area contributed by atoms with Crippen molar-refractivity contribution in [2.45, 2.75) is 52.0 Å². The standard InChI is InChI=1S/C17H25N/c1-5-18-11-10-17(4)15(18)12-13-8-6-7-9-14(13)16(17,2)3/h6-9,15H,5,10-12H2,1-4H3. The van der Waals surface area contributed by atoms with E-state index in [1.54, 1.807) is 11.1 Å². The predicted octanol–water partition coefficient (Wildman–Crippen LogP) is 3.62. The Bertz CT molecular complexity index is 462. The van der Waals surface area contributed by atoms with Crippen molar-refractivity contribution in [3.8, 4) is 0 Å². The summed E-state index contributed by atoms with van der Waals surface area (Å²) in [6.07, 6.45) is 2.58. The van der Waals surface area contributed by atoms with Crippen LogP contribution in [0.15, 0.2) is 24.3 Å². The van der Waals surface area contributed by atoms with Crippen molar-refractivity contribution in [2.75, 3.05) is 13.1 Å². The molecule has 0 radical (unpaired) electrons. The Labute approximate surface area is 111 Å². The maximum absolute atomic E-state index is 2.69. The van der Waals surface area contributed by atoms with Gasteiger partial charge in [0.05, 0.1) is 0 Å². The van der Waals surface area contributed by atoms with Gasteiger partial charge >= 0.3 is 0 Å². The smallest absolute Gasteiger partial charge is 0.0198 e. The summed E-state index contributed by atoms with van der Waals surface area (Å²) in [4.78, 5) is 2.69. The third kappa shape index (κ3) is 1.37. The molecule has 1 nitrogen and oxygen atoms in total. The molecule has 2 aliphatic rings. The molecule has 1 saturated heterocycles. The molecule has 2 unspecified atom stereocenters. The minimum atomic E-state index is 0.288. The fraction of sp³-hybridized carbons (Fsp3) is 0.647. The van der Waals surface area contributed by atoms with E-state index < -0.39 is 0 Å². The zero-order valence-corrected chi connectivity index (χ0v) is 12.2.